The smallest absolute Gasteiger partial charge is 0.295 e. The molecule has 27 heavy (non-hydrogen) atoms. The number of carbonyl (C=O) groups excluding carboxylic acids is 1. The molecule has 3 aromatic rings. The molecule has 2 aromatic heterocycles. The molecule has 0 bridgehead atoms. The number of nitrogens with zero attached hydrogens (tertiary/aromatic N) is 3. The Bertz CT molecular complexity index is 848. The summed E-state index contributed by atoms with van der Waals surface area (Å²) in [5, 5.41) is 3.30. The average Bonchev–Trinajstić information content (AvgIpc) is 3.30. The van der Waals surface area contributed by atoms with Crippen LogP contribution in [0, 0.1) is 0 Å². The molecule has 0 fully saturated rings. The molecule has 5 nitrogen and oxygen atoms in total. The number of hydrogen-bond donors (Lipinski definition) is 0. The molecule has 2 heterocycles. The Morgan fingerprint density at radius 3 is 2.56 bits per heavy atom. The number of amides is 1. The summed E-state index contributed by atoms with van der Waals surface area (Å²) >= 11 is 7.40. The van der Waals surface area contributed by atoms with Gasteiger partial charge in [0.05, 0.1) is 12.0 Å². The first kappa shape index (κ1) is 21.4. The molecular formula is C19H21Cl2N3O2S. The molecule has 0 spiro atoms. The van der Waals surface area contributed by atoms with Crippen molar-refractivity contribution in [2.24, 2.45) is 0 Å². The maximum atomic E-state index is 12.8. The Morgan fingerprint density at radius 2 is 1.93 bits per heavy atom. The lowest BCUT2D eigenvalue weighted by Gasteiger charge is -2.20. The molecule has 0 aliphatic heterocycles. The normalized spacial score (nSPS) is 10.7. The molecule has 1 amide bonds. The molecule has 8 heteroatoms. The summed E-state index contributed by atoms with van der Waals surface area (Å²) in [6.45, 7) is 1.46. The van der Waals surface area contributed by atoms with Crippen LogP contribution in [0.15, 0.2) is 52.5 Å². The zero-order chi connectivity index (χ0) is 18.5. The fourth-order valence-electron chi connectivity index (χ4n) is 2.50. The maximum Gasteiger partial charge on any atom is 0.295 e. The second-order valence-corrected chi connectivity index (χ2v) is 7.39. The second kappa shape index (κ2) is 9.90. The van der Waals surface area contributed by atoms with Crippen molar-refractivity contribution in [1.29, 1.82) is 0 Å². The van der Waals surface area contributed by atoms with Crippen LogP contribution in [0.2, 0.25) is 5.02 Å². The number of carbonyl (C=O) groups is 1. The zero-order valence-corrected chi connectivity index (χ0v) is 17.5. The lowest BCUT2D eigenvalue weighted by Crippen LogP contribution is -2.33. The minimum Gasteiger partial charge on any atom is -0.459 e. The monoisotopic (exact) mass is 425 g/mol. The van der Waals surface area contributed by atoms with E-state index in [2.05, 4.69) is 9.88 Å². The molecule has 0 radical (unpaired) electrons. The first-order valence-corrected chi connectivity index (χ1v) is 9.52. The van der Waals surface area contributed by atoms with Gasteiger partial charge in [-0.15, -0.1) is 23.7 Å². The van der Waals surface area contributed by atoms with Crippen LogP contribution in [0.4, 0.5) is 5.13 Å². The maximum absolute atomic E-state index is 12.8. The van der Waals surface area contributed by atoms with Crippen LogP contribution in [0.5, 0.6) is 0 Å². The van der Waals surface area contributed by atoms with Crippen molar-refractivity contribution in [2.45, 2.75) is 6.42 Å². The van der Waals surface area contributed by atoms with Crippen molar-refractivity contribution in [3.63, 3.8) is 0 Å². The van der Waals surface area contributed by atoms with Gasteiger partial charge in [0.1, 0.15) is 0 Å². The quantitative estimate of drug-likeness (QED) is 0.529. The summed E-state index contributed by atoms with van der Waals surface area (Å²) in [5.41, 5.74) is 1.79. The third-order valence-corrected chi connectivity index (χ3v) is 4.94. The van der Waals surface area contributed by atoms with Crippen molar-refractivity contribution < 1.29 is 9.21 Å². The number of anilines is 1. The molecule has 0 unspecified atom stereocenters. The molecule has 144 valence electrons. The lowest BCUT2D eigenvalue weighted by molar-refractivity contribution is 0.0959. The molecule has 0 aliphatic carbocycles. The van der Waals surface area contributed by atoms with E-state index in [4.69, 9.17) is 16.0 Å². The van der Waals surface area contributed by atoms with Gasteiger partial charge in [-0.1, -0.05) is 23.7 Å². The summed E-state index contributed by atoms with van der Waals surface area (Å²) in [6, 6.07) is 10.9. The van der Waals surface area contributed by atoms with Crippen LogP contribution in [-0.2, 0) is 0 Å². The van der Waals surface area contributed by atoms with Crippen LogP contribution < -0.4 is 4.90 Å². The van der Waals surface area contributed by atoms with E-state index in [1.807, 2.05) is 43.7 Å². The zero-order valence-electron chi connectivity index (χ0n) is 15.1. The fraction of sp³-hybridized carbons (Fsp3) is 0.263. The van der Waals surface area contributed by atoms with Crippen molar-refractivity contribution >= 4 is 46.4 Å². The molecular weight excluding hydrogens is 405 g/mol. The van der Waals surface area contributed by atoms with Crippen LogP contribution in [0.1, 0.15) is 17.0 Å². The molecule has 0 saturated heterocycles. The van der Waals surface area contributed by atoms with Crippen LogP contribution in [0.3, 0.4) is 0 Å². The predicted octanol–water partition coefficient (Wildman–Crippen LogP) is 5.08. The highest BCUT2D eigenvalue weighted by molar-refractivity contribution is 7.14. The number of hydrogen-bond acceptors (Lipinski definition) is 5. The summed E-state index contributed by atoms with van der Waals surface area (Å²) in [5.74, 6) is 0.142. The van der Waals surface area contributed by atoms with E-state index in [1.54, 1.807) is 17.0 Å². The Kier molecular flexibility index (Phi) is 7.86. The van der Waals surface area contributed by atoms with E-state index < -0.39 is 0 Å². The summed E-state index contributed by atoms with van der Waals surface area (Å²) < 4.78 is 5.29. The molecule has 3 rings (SSSR count). The number of benzene rings is 1. The first-order valence-electron chi connectivity index (χ1n) is 8.26. The van der Waals surface area contributed by atoms with Gasteiger partial charge in [-0.05, 0) is 51.3 Å². The Labute approximate surface area is 174 Å². The highest BCUT2D eigenvalue weighted by Crippen LogP contribution is 2.29. The summed E-state index contributed by atoms with van der Waals surface area (Å²) in [6.07, 6.45) is 2.35. The Morgan fingerprint density at radius 1 is 1.19 bits per heavy atom. The van der Waals surface area contributed by atoms with Gasteiger partial charge in [0.2, 0.25) is 0 Å². The third-order valence-electron chi connectivity index (χ3n) is 3.83. The second-order valence-electron chi connectivity index (χ2n) is 6.11. The molecule has 0 aliphatic rings. The van der Waals surface area contributed by atoms with Gasteiger partial charge in [-0.3, -0.25) is 9.69 Å². The van der Waals surface area contributed by atoms with Gasteiger partial charge in [0, 0.05) is 22.5 Å². The topological polar surface area (TPSA) is 49.6 Å². The van der Waals surface area contributed by atoms with E-state index in [0.29, 0.717) is 22.5 Å². The minimum atomic E-state index is -0.175. The van der Waals surface area contributed by atoms with E-state index in [9.17, 15) is 4.79 Å². The fourth-order valence-corrected chi connectivity index (χ4v) is 3.49. The van der Waals surface area contributed by atoms with E-state index in [0.717, 1.165) is 24.2 Å². The predicted molar refractivity (Wildman–Crippen MR) is 113 cm³/mol. The van der Waals surface area contributed by atoms with Crippen LogP contribution in [-0.4, -0.2) is 43.0 Å². The minimum absolute atomic E-state index is 0. The first-order chi connectivity index (χ1) is 12.5. The molecule has 0 saturated carbocycles. The van der Waals surface area contributed by atoms with Crippen molar-refractivity contribution in [3.8, 4) is 11.3 Å². The van der Waals surface area contributed by atoms with Crippen molar-refractivity contribution in [1.82, 2.24) is 9.88 Å². The lowest BCUT2D eigenvalue weighted by atomic mass is 10.2. The number of halogens is 2. The standard InChI is InChI=1S/C19H20ClN3O2S.ClH/c1-22(2)10-4-11-23(18(24)17-5-3-12-25-17)19-21-16(13-26-19)14-6-8-15(20)9-7-14;/h3,5-9,12-13H,4,10-11H2,1-2H3;1H. The van der Waals surface area contributed by atoms with Crippen LogP contribution >= 0.6 is 35.3 Å². The van der Waals surface area contributed by atoms with Crippen LogP contribution in [0.25, 0.3) is 11.3 Å². The molecule has 0 atom stereocenters. The van der Waals surface area contributed by atoms with Gasteiger partial charge in [0.25, 0.3) is 5.91 Å². The molecule has 0 N–H and O–H groups in total. The third kappa shape index (κ3) is 5.56. The number of furan rings is 1. The van der Waals surface area contributed by atoms with E-state index in [1.165, 1.54) is 17.6 Å². The van der Waals surface area contributed by atoms with Crippen molar-refractivity contribution in [2.75, 3.05) is 32.1 Å². The van der Waals surface area contributed by atoms with Gasteiger partial charge >= 0.3 is 0 Å². The highest BCUT2D eigenvalue weighted by atomic mass is 35.5. The number of aromatic nitrogens is 1. The Balaban J connectivity index is 0.00000261. The molecule has 1 aromatic carbocycles. The number of thiazole rings is 1. The highest BCUT2D eigenvalue weighted by Gasteiger charge is 2.22. The number of rotatable bonds is 7. The Hall–Kier alpha value is -1.86. The average molecular weight is 426 g/mol. The van der Waals surface area contributed by atoms with Gasteiger partial charge in [-0.2, -0.15) is 0 Å². The van der Waals surface area contributed by atoms with Crippen molar-refractivity contribution in [3.05, 3.63) is 58.8 Å². The summed E-state index contributed by atoms with van der Waals surface area (Å²) in [4.78, 5) is 21.3. The summed E-state index contributed by atoms with van der Waals surface area (Å²) in [7, 11) is 4.03. The van der Waals surface area contributed by atoms with E-state index in [-0.39, 0.29) is 18.3 Å². The van der Waals surface area contributed by atoms with Gasteiger partial charge in [-0.25, -0.2) is 4.98 Å². The SMILES string of the molecule is CN(C)CCCN(C(=O)c1ccco1)c1nc(-c2ccc(Cl)cc2)cs1.Cl. The largest absolute Gasteiger partial charge is 0.459 e. The van der Waals surface area contributed by atoms with E-state index >= 15 is 0 Å². The van der Waals surface area contributed by atoms with Gasteiger partial charge in [0.15, 0.2) is 10.9 Å². The van der Waals surface area contributed by atoms with Gasteiger partial charge < -0.3 is 9.32 Å².